The van der Waals surface area contributed by atoms with Gasteiger partial charge >= 0.3 is 11.9 Å². The highest BCUT2D eigenvalue weighted by Crippen LogP contribution is 2.58. The molecule has 2 heterocycles. The molecule has 2 aliphatic heterocycles. The lowest BCUT2D eigenvalue weighted by Crippen LogP contribution is -2.60. The zero-order valence-corrected chi connectivity index (χ0v) is 23.4. The first-order chi connectivity index (χ1) is 19.9. The molecular formula is C30H40O12. The second-order valence-electron chi connectivity index (χ2n) is 12.3. The van der Waals surface area contributed by atoms with Crippen LogP contribution in [0.1, 0.15) is 38.2 Å². The molecule has 0 bridgehead atoms. The largest absolute Gasteiger partial charge is 0.508 e. The molecule has 4 aliphatic rings. The van der Waals surface area contributed by atoms with Crippen LogP contribution in [0.15, 0.2) is 36.4 Å². The van der Waals surface area contributed by atoms with Crippen molar-refractivity contribution < 1.29 is 59.2 Å². The van der Waals surface area contributed by atoms with Crippen molar-refractivity contribution in [1.82, 2.24) is 0 Å². The predicted molar refractivity (Wildman–Crippen MR) is 143 cm³/mol. The number of aliphatic hydroxyl groups excluding tert-OH is 5. The first-order valence-corrected chi connectivity index (χ1v) is 14.4. The Morgan fingerprint density at radius 2 is 1.83 bits per heavy atom. The first kappa shape index (κ1) is 30.9. The molecule has 7 unspecified atom stereocenters. The summed E-state index contributed by atoms with van der Waals surface area (Å²) in [6.07, 6.45) is -7.42. The maximum atomic E-state index is 13.0. The normalized spacial score (nSPS) is 40.5. The molecule has 232 valence electrons. The number of phenols is 1. The molecule has 0 amide bonds. The van der Waals surface area contributed by atoms with Crippen molar-refractivity contribution in [2.24, 2.45) is 23.2 Å². The summed E-state index contributed by atoms with van der Waals surface area (Å²) < 4.78 is 23.2. The maximum absolute atomic E-state index is 13.0. The Morgan fingerprint density at radius 3 is 2.52 bits per heavy atom. The molecular weight excluding hydrogens is 552 g/mol. The number of hydrogen-bond acceptors (Lipinski definition) is 12. The third-order valence-electron chi connectivity index (χ3n) is 9.72. The van der Waals surface area contributed by atoms with Crippen LogP contribution in [-0.4, -0.2) is 105 Å². The number of hydrogen-bond donors (Lipinski definition) is 6. The lowest BCUT2D eigenvalue weighted by Gasteiger charge is -2.55. The molecule has 2 aliphatic carbocycles. The van der Waals surface area contributed by atoms with E-state index in [-0.39, 0.29) is 36.5 Å². The van der Waals surface area contributed by atoms with Crippen molar-refractivity contribution in [1.29, 1.82) is 0 Å². The minimum Gasteiger partial charge on any atom is -0.508 e. The topological polar surface area (TPSA) is 192 Å². The number of carbonyl (C=O) groups is 2. The van der Waals surface area contributed by atoms with Crippen LogP contribution in [0.25, 0.3) is 0 Å². The van der Waals surface area contributed by atoms with Gasteiger partial charge in [0.2, 0.25) is 0 Å². The fourth-order valence-electron chi connectivity index (χ4n) is 7.32. The van der Waals surface area contributed by atoms with Gasteiger partial charge in [-0.25, -0.2) is 9.59 Å². The van der Waals surface area contributed by atoms with E-state index < -0.39 is 73.0 Å². The maximum Gasteiger partial charge on any atom is 0.335 e. The Morgan fingerprint density at radius 1 is 1.12 bits per heavy atom. The third-order valence-corrected chi connectivity index (χ3v) is 9.72. The first-order valence-electron chi connectivity index (χ1n) is 14.4. The van der Waals surface area contributed by atoms with Crippen LogP contribution in [0.4, 0.5) is 0 Å². The standard InChI is InChI=1S/C30H40O12/c1-14-18-9-10-30(2)21(41-28(38)19(33)11-15-3-6-17(32)7-4-15)8-5-16(22(30)26(18)42-27(14)37)13-39-29-25(36)24(35)23(34)20(12-31)40-29/h3-4,6-7,16,18-26,29,31-36H,1,5,8-13H2,2H3/t16?,18?,19?,20-,21?,22?,23-,24+,25-,26?,29-,30?/m1/s1. The van der Waals surface area contributed by atoms with Gasteiger partial charge in [0.15, 0.2) is 12.4 Å². The van der Waals surface area contributed by atoms with Crippen LogP contribution in [0.5, 0.6) is 5.75 Å². The van der Waals surface area contributed by atoms with E-state index in [0.717, 1.165) is 0 Å². The Labute approximate surface area is 243 Å². The van der Waals surface area contributed by atoms with Gasteiger partial charge in [-0.1, -0.05) is 25.6 Å². The summed E-state index contributed by atoms with van der Waals surface area (Å²) >= 11 is 0. The highest BCUT2D eigenvalue weighted by Gasteiger charge is 2.61. The number of rotatable bonds is 8. The van der Waals surface area contributed by atoms with Crippen LogP contribution in [0.2, 0.25) is 0 Å². The molecule has 42 heavy (non-hydrogen) atoms. The minimum absolute atomic E-state index is 0.0175. The second kappa shape index (κ2) is 12.2. The molecule has 0 aromatic heterocycles. The van der Waals surface area contributed by atoms with Crippen LogP contribution >= 0.6 is 0 Å². The van der Waals surface area contributed by atoms with E-state index in [2.05, 4.69) is 6.58 Å². The van der Waals surface area contributed by atoms with Crippen molar-refractivity contribution >= 4 is 11.9 Å². The van der Waals surface area contributed by atoms with Crippen LogP contribution in [0.3, 0.4) is 0 Å². The van der Waals surface area contributed by atoms with Gasteiger partial charge in [0.25, 0.3) is 0 Å². The number of fused-ring (bicyclic) bond motifs is 3. The Kier molecular flexibility index (Phi) is 8.96. The fraction of sp³-hybridized carbons (Fsp3) is 0.667. The Balaban J connectivity index is 1.32. The molecule has 12 atom stereocenters. The van der Waals surface area contributed by atoms with E-state index in [9.17, 15) is 40.2 Å². The van der Waals surface area contributed by atoms with E-state index in [4.69, 9.17) is 18.9 Å². The Hall–Kier alpha value is -2.58. The van der Waals surface area contributed by atoms with Crippen LogP contribution in [-0.2, 0) is 35.0 Å². The van der Waals surface area contributed by atoms with E-state index in [1.165, 1.54) is 12.1 Å². The zero-order chi connectivity index (χ0) is 30.3. The number of benzene rings is 1. The molecule has 2 saturated carbocycles. The van der Waals surface area contributed by atoms with Crippen molar-refractivity contribution in [3.8, 4) is 5.75 Å². The Bertz CT molecular complexity index is 1150. The number of aliphatic hydroxyl groups is 5. The van der Waals surface area contributed by atoms with Crippen LogP contribution < -0.4 is 0 Å². The highest BCUT2D eigenvalue weighted by atomic mass is 16.7. The van der Waals surface area contributed by atoms with Gasteiger partial charge in [0.05, 0.1) is 13.2 Å². The third kappa shape index (κ3) is 5.69. The molecule has 2 saturated heterocycles. The average molecular weight is 593 g/mol. The van der Waals surface area contributed by atoms with Gasteiger partial charge in [-0.2, -0.15) is 0 Å². The molecule has 4 fully saturated rings. The van der Waals surface area contributed by atoms with Crippen molar-refractivity contribution in [2.45, 2.75) is 88.0 Å². The molecule has 1 aromatic rings. The quantitative estimate of drug-likeness (QED) is 0.174. The fourth-order valence-corrected chi connectivity index (χ4v) is 7.32. The van der Waals surface area contributed by atoms with Gasteiger partial charge in [-0.3, -0.25) is 0 Å². The van der Waals surface area contributed by atoms with E-state index >= 15 is 0 Å². The summed E-state index contributed by atoms with van der Waals surface area (Å²) in [5.74, 6) is -1.92. The summed E-state index contributed by atoms with van der Waals surface area (Å²) in [6.45, 7) is 5.38. The summed E-state index contributed by atoms with van der Waals surface area (Å²) in [4.78, 5) is 25.6. The lowest BCUT2D eigenvalue weighted by molar-refractivity contribution is -0.306. The van der Waals surface area contributed by atoms with Gasteiger partial charge in [0.1, 0.15) is 42.4 Å². The summed E-state index contributed by atoms with van der Waals surface area (Å²) in [5, 5.41) is 60.3. The second-order valence-corrected chi connectivity index (χ2v) is 12.3. The summed E-state index contributed by atoms with van der Waals surface area (Å²) in [7, 11) is 0. The molecule has 12 heteroatoms. The van der Waals surface area contributed by atoms with E-state index in [0.29, 0.717) is 36.8 Å². The van der Waals surface area contributed by atoms with Crippen molar-refractivity contribution in [3.63, 3.8) is 0 Å². The number of phenolic OH excluding ortho intramolecular Hbond substituents is 1. The molecule has 0 radical (unpaired) electrons. The van der Waals surface area contributed by atoms with Crippen molar-refractivity contribution in [3.05, 3.63) is 42.0 Å². The number of ether oxygens (including phenoxy) is 4. The monoisotopic (exact) mass is 592 g/mol. The van der Waals surface area contributed by atoms with Crippen LogP contribution in [0, 0.1) is 23.2 Å². The molecule has 6 N–H and O–H groups in total. The predicted octanol–water partition coefficient (Wildman–Crippen LogP) is -0.0520. The molecule has 12 nitrogen and oxygen atoms in total. The van der Waals surface area contributed by atoms with Crippen molar-refractivity contribution in [2.75, 3.05) is 13.2 Å². The zero-order valence-electron chi connectivity index (χ0n) is 23.4. The number of esters is 2. The average Bonchev–Trinajstić information content (AvgIpc) is 3.26. The van der Waals surface area contributed by atoms with Gasteiger partial charge in [-0.15, -0.1) is 0 Å². The minimum atomic E-state index is -1.58. The summed E-state index contributed by atoms with van der Waals surface area (Å²) in [6, 6.07) is 6.18. The van der Waals surface area contributed by atoms with E-state index in [1.54, 1.807) is 12.1 Å². The number of carbonyl (C=O) groups excluding carboxylic acids is 2. The molecule has 0 spiro atoms. The van der Waals surface area contributed by atoms with E-state index in [1.807, 2.05) is 6.92 Å². The van der Waals surface area contributed by atoms with Gasteiger partial charge < -0.3 is 49.6 Å². The summed E-state index contributed by atoms with van der Waals surface area (Å²) in [5.41, 5.74) is 0.410. The van der Waals surface area contributed by atoms with Gasteiger partial charge in [-0.05, 0) is 49.3 Å². The highest BCUT2D eigenvalue weighted by molar-refractivity contribution is 5.91. The SMILES string of the molecule is C=C1C(=O)OC2C1CCC1(C)C(OC(=O)C(O)Cc3ccc(O)cc3)CCC(CO[C@@H]3O[C@H](CO)[C@@H](O)[C@H](O)[C@H]3O)C21. The smallest absolute Gasteiger partial charge is 0.335 e. The number of aromatic hydroxyl groups is 1. The molecule has 1 aromatic carbocycles. The van der Waals surface area contributed by atoms with Gasteiger partial charge in [0, 0.05) is 29.2 Å². The lowest BCUT2D eigenvalue weighted by atomic mass is 9.52. The molecule has 5 rings (SSSR count).